The van der Waals surface area contributed by atoms with Crippen LogP contribution in [0.5, 0.6) is 0 Å². The topological polar surface area (TPSA) is 122 Å². The summed E-state index contributed by atoms with van der Waals surface area (Å²) in [5.41, 5.74) is 3.62. The number of anilines is 1. The van der Waals surface area contributed by atoms with Gasteiger partial charge in [-0.05, 0) is 31.9 Å². The SMILES string of the molecule is Cc1ccc(-n2c(SCC(=O)NN3C(=O)NC4(CCCCC4)C3=O)nnc2N2CCOCC2)cc1. The van der Waals surface area contributed by atoms with E-state index in [9.17, 15) is 14.4 Å². The van der Waals surface area contributed by atoms with Gasteiger partial charge in [0, 0.05) is 13.1 Å². The average Bonchev–Trinajstić information content (AvgIpc) is 3.39. The van der Waals surface area contributed by atoms with Crippen molar-refractivity contribution in [2.45, 2.75) is 49.7 Å². The molecule has 35 heavy (non-hydrogen) atoms. The van der Waals surface area contributed by atoms with Gasteiger partial charge in [0.25, 0.3) is 5.91 Å². The molecule has 0 atom stereocenters. The van der Waals surface area contributed by atoms with Crippen LogP contribution < -0.4 is 15.6 Å². The summed E-state index contributed by atoms with van der Waals surface area (Å²) in [7, 11) is 0. The number of thioether (sulfide) groups is 1. The molecule has 1 aromatic heterocycles. The molecule has 4 amide bonds. The van der Waals surface area contributed by atoms with Crippen LogP contribution in [0.15, 0.2) is 29.4 Å². The highest BCUT2D eigenvalue weighted by Gasteiger charge is 2.52. The van der Waals surface area contributed by atoms with E-state index in [4.69, 9.17) is 4.74 Å². The van der Waals surface area contributed by atoms with Crippen molar-refractivity contribution in [2.75, 3.05) is 37.0 Å². The summed E-state index contributed by atoms with van der Waals surface area (Å²) in [6.45, 7) is 4.64. The second-order valence-electron chi connectivity index (χ2n) is 9.09. The Hall–Kier alpha value is -3.12. The van der Waals surface area contributed by atoms with Gasteiger partial charge in [-0.2, -0.15) is 5.01 Å². The number of morpholine rings is 1. The predicted octanol–water partition coefficient (Wildman–Crippen LogP) is 1.79. The molecule has 186 valence electrons. The number of ether oxygens (including phenoxy) is 1. The van der Waals surface area contributed by atoms with E-state index in [0.29, 0.717) is 50.2 Å². The number of carbonyl (C=O) groups excluding carboxylic acids is 3. The van der Waals surface area contributed by atoms with Crippen LogP contribution in [0.3, 0.4) is 0 Å². The van der Waals surface area contributed by atoms with E-state index in [1.54, 1.807) is 0 Å². The monoisotopic (exact) mass is 499 g/mol. The molecule has 2 aliphatic heterocycles. The van der Waals surface area contributed by atoms with Crippen LogP contribution in [-0.4, -0.2) is 75.2 Å². The van der Waals surface area contributed by atoms with Crippen molar-refractivity contribution in [2.24, 2.45) is 0 Å². The highest BCUT2D eigenvalue weighted by Crippen LogP contribution is 2.33. The van der Waals surface area contributed by atoms with Crippen molar-refractivity contribution in [3.63, 3.8) is 0 Å². The van der Waals surface area contributed by atoms with Crippen LogP contribution >= 0.6 is 11.8 Å². The third-order valence-corrected chi connectivity index (χ3v) is 7.57. The molecule has 2 saturated heterocycles. The summed E-state index contributed by atoms with van der Waals surface area (Å²) in [6.07, 6.45) is 4.00. The lowest BCUT2D eigenvalue weighted by molar-refractivity contribution is -0.139. The highest BCUT2D eigenvalue weighted by atomic mass is 32.2. The Labute approximate surface area is 207 Å². The first-order valence-electron chi connectivity index (χ1n) is 11.9. The summed E-state index contributed by atoms with van der Waals surface area (Å²) in [5, 5.41) is 12.9. The van der Waals surface area contributed by atoms with Crippen molar-refractivity contribution < 1.29 is 19.1 Å². The third-order valence-electron chi connectivity index (χ3n) is 6.64. The molecule has 2 aromatic rings. The lowest BCUT2D eigenvalue weighted by Gasteiger charge is -2.30. The van der Waals surface area contributed by atoms with E-state index in [1.807, 2.05) is 35.8 Å². The van der Waals surface area contributed by atoms with Crippen molar-refractivity contribution in [1.82, 2.24) is 30.5 Å². The maximum absolute atomic E-state index is 12.9. The van der Waals surface area contributed by atoms with Crippen LogP contribution in [0, 0.1) is 6.92 Å². The Morgan fingerprint density at radius 2 is 1.83 bits per heavy atom. The van der Waals surface area contributed by atoms with E-state index < -0.39 is 17.5 Å². The fourth-order valence-corrected chi connectivity index (χ4v) is 5.49. The molecule has 11 nitrogen and oxygen atoms in total. The third kappa shape index (κ3) is 4.72. The zero-order valence-corrected chi connectivity index (χ0v) is 20.5. The molecule has 0 unspecified atom stereocenters. The second-order valence-corrected chi connectivity index (χ2v) is 10.0. The number of urea groups is 1. The Morgan fingerprint density at radius 3 is 2.54 bits per heavy atom. The van der Waals surface area contributed by atoms with Gasteiger partial charge in [-0.25, -0.2) is 4.79 Å². The van der Waals surface area contributed by atoms with Crippen LogP contribution in [0.1, 0.15) is 37.7 Å². The molecule has 3 aliphatic rings. The van der Waals surface area contributed by atoms with E-state index in [2.05, 4.69) is 25.8 Å². The number of amides is 4. The lowest BCUT2D eigenvalue weighted by atomic mass is 9.82. The molecule has 2 N–H and O–H groups in total. The first-order chi connectivity index (χ1) is 17.0. The minimum Gasteiger partial charge on any atom is -0.378 e. The van der Waals surface area contributed by atoms with Gasteiger partial charge >= 0.3 is 6.03 Å². The number of nitrogens with zero attached hydrogens (tertiary/aromatic N) is 5. The molecule has 12 heteroatoms. The van der Waals surface area contributed by atoms with E-state index >= 15 is 0 Å². The van der Waals surface area contributed by atoms with Crippen molar-refractivity contribution in [1.29, 1.82) is 0 Å². The number of carbonyl (C=O) groups is 3. The van der Waals surface area contributed by atoms with Crippen LogP contribution in [0.4, 0.5) is 10.7 Å². The number of benzene rings is 1. The number of rotatable bonds is 6. The van der Waals surface area contributed by atoms with E-state index in [1.165, 1.54) is 11.8 Å². The number of hydrazine groups is 1. The van der Waals surface area contributed by atoms with Crippen LogP contribution in [0.25, 0.3) is 5.69 Å². The van der Waals surface area contributed by atoms with Gasteiger partial charge in [0.2, 0.25) is 11.9 Å². The molecule has 0 bridgehead atoms. The van der Waals surface area contributed by atoms with Crippen molar-refractivity contribution in [3.05, 3.63) is 29.8 Å². The summed E-state index contributed by atoms with van der Waals surface area (Å²) in [4.78, 5) is 40.2. The predicted molar refractivity (Wildman–Crippen MR) is 129 cm³/mol. The highest BCUT2D eigenvalue weighted by molar-refractivity contribution is 7.99. The van der Waals surface area contributed by atoms with Gasteiger partial charge in [-0.1, -0.05) is 48.7 Å². The fourth-order valence-electron chi connectivity index (χ4n) is 4.75. The minimum absolute atomic E-state index is 0.0306. The number of hydrogen-bond donors (Lipinski definition) is 2. The Kier molecular flexibility index (Phi) is 6.65. The second kappa shape index (κ2) is 9.86. The number of hydrogen-bond acceptors (Lipinski definition) is 8. The number of imide groups is 1. The molecule has 1 aromatic carbocycles. The molecule has 1 spiro atoms. The zero-order chi connectivity index (χ0) is 24.4. The zero-order valence-electron chi connectivity index (χ0n) is 19.7. The number of aryl methyl sites for hydroxylation is 1. The quantitative estimate of drug-likeness (QED) is 0.456. The van der Waals surface area contributed by atoms with Crippen LogP contribution in [0.2, 0.25) is 0 Å². The van der Waals surface area contributed by atoms with Gasteiger partial charge in [0.15, 0.2) is 5.16 Å². The van der Waals surface area contributed by atoms with Crippen molar-refractivity contribution in [3.8, 4) is 5.69 Å². The summed E-state index contributed by atoms with van der Waals surface area (Å²) >= 11 is 1.20. The van der Waals surface area contributed by atoms with Gasteiger partial charge in [-0.15, -0.1) is 10.2 Å². The molecule has 1 aliphatic carbocycles. The molecule has 3 fully saturated rings. The molecule has 1 saturated carbocycles. The lowest BCUT2D eigenvalue weighted by Crippen LogP contribution is -2.51. The average molecular weight is 500 g/mol. The van der Waals surface area contributed by atoms with Gasteiger partial charge < -0.3 is 15.0 Å². The standard InChI is InChI=1S/C23H29N7O4S/c1-16-5-7-17(8-6-16)29-20(28-11-13-34-14-12-28)25-26-22(29)35-15-18(31)27-30-19(32)23(24-21(30)33)9-3-2-4-10-23/h5-8H,2-4,9-15H2,1H3,(H,24,33)(H,27,31). The number of aromatic nitrogens is 3. The summed E-state index contributed by atoms with van der Waals surface area (Å²) in [5.74, 6) is -0.180. The van der Waals surface area contributed by atoms with Crippen molar-refractivity contribution >= 4 is 35.6 Å². The molecular formula is C23H29N7O4S. The maximum atomic E-state index is 12.9. The van der Waals surface area contributed by atoms with E-state index in [0.717, 1.165) is 35.5 Å². The molecular weight excluding hydrogens is 470 g/mol. The van der Waals surface area contributed by atoms with E-state index in [-0.39, 0.29) is 11.7 Å². The largest absolute Gasteiger partial charge is 0.378 e. The number of nitrogens with one attached hydrogen (secondary N) is 2. The summed E-state index contributed by atoms with van der Waals surface area (Å²) < 4.78 is 7.39. The Balaban J connectivity index is 1.30. The minimum atomic E-state index is -0.881. The first-order valence-corrected chi connectivity index (χ1v) is 12.9. The first kappa shape index (κ1) is 23.6. The normalized spacial score (nSPS) is 19.8. The maximum Gasteiger partial charge on any atom is 0.344 e. The van der Waals surface area contributed by atoms with Gasteiger partial charge in [0.1, 0.15) is 5.54 Å². The Morgan fingerprint density at radius 1 is 1.11 bits per heavy atom. The summed E-state index contributed by atoms with van der Waals surface area (Å²) in [6, 6.07) is 7.43. The fraction of sp³-hybridized carbons (Fsp3) is 0.522. The van der Waals surface area contributed by atoms with Crippen LogP contribution in [-0.2, 0) is 14.3 Å². The van der Waals surface area contributed by atoms with Gasteiger partial charge in [-0.3, -0.25) is 19.6 Å². The van der Waals surface area contributed by atoms with Gasteiger partial charge in [0.05, 0.1) is 24.7 Å². The molecule has 0 radical (unpaired) electrons. The smallest absolute Gasteiger partial charge is 0.344 e. The molecule has 3 heterocycles. The molecule has 5 rings (SSSR count). The Bertz CT molecular complexity index is 1110.